The van der Waals surface area contributed by atoms with Gasteiger partial charge in [0.05, 0.1) is 12.7 Å². The van der Waals surface area contributed by atoms with E-state index in [1.807, 2.05) is 20.8 Å². The molecule has 0 aliphatic rings. The van der Waals surface area contributed by atoms with Gasteiger partial charge in [0.15, 0.2) is 5.82 Å². The van der Waals surface area contributed by atoms with E-state index in [-0.39, 0.29) is 12.0 Å². The summed E-state index contributed by atoms with van der Waals surface area (Å²) in [6, 6.07) is 1.21. The Hall–Kier alpha value is -2.35. The zero-order valence-electron chi connectivity index (χ0n) is 14.0. The quantitative estimate of drug-likeness (QED) is 0.795. The van der Waals surface area contributed by atoms with Crippen molar-refractivity contribution in [2.75, 3.05) is 11.9 Å². The molecule has 0 spiro atoms. The second kappa shape index (κ2) is 6.04. The number of nitrogens with one attached hydrogen (secondary N) is 2. The van der Waals surface area contributed by atoms with E-state index in [1.165, 1.54) is 0 Å². The van der Waals surface area contributed by atoms with Gasteiger partial charge in [0, 0.05) is 30.3 Å². The summed E-state index contributed by atoms with van der Waals surface area (Å²) in [5, 5.41) is 23.4. The molecule has 2 aromatic rings. The summed E-state index contributed by atoms with van der Waals surface area (Å²) in [5.41, 5.74) is -0.781. The van der Waals surface area contributed by atoms with Gasteiger partial charge in [0.2, 0.25) is 0 Å². The van der Waals surface area contributed by atoms with Crippen molar-refractivity contribution in [3.63, 3.8) is 0 Å². The summed E-state index contributed by atoms with van der Waals surface area (Å²) in [5.74, 6) is 1.00. The van der Waals surface area contributed by atoms with E-state index in [4.69, 9.17) is 4.52 Å². The fourth-order valence-electron chi connectivity index (χ4n) is 1.90. The number of aliphatic hydroxyl groups is 1. The number of hydrogen-bond acceptors (Lipinski definition) is 5. The fourth-order valence-corrected chi connectivity index (χ4v) is 1.90. The van der Waals surface area contributed by atoms with E-state index in [9.17, 15) is 9.90 Å². The highest BCUT2D eigenvalue weighted by Gasteiger charge is 2.26. The number of hydrogen-bond donors (Lipinski definition) is 3. The Labute approximate surface area is 134 Å². The third-order valence-corrected chi connectivity index (χ3v) is 3.41. The van der Waals surface area contributed by atoms with Gasteiger partial charge in [-0.2, -0.15) is 5.10 Å². The summed E-state index contributed by atoms with van der Waals surface area (Å²) in [6.45, 7) is 7.61. The van der Waals surface area contributed by atoms with E-state index in [0.717, 1.165) is 0 Å². The molecule has 0 aliphatic carbocycles. The molecule has 0 saturated heterocycles. The predicted molar refractivity (Wildman–Crippen MR) is 85.0 cm³/mol. The molecule has 1 unspecified atom stereocenters. The molecule has 8 nitrogen and oxygen atoms in total. The van der Waals surface area contributed by atoms with Crippen LogP contribution in [0.25, 0.3) is 0 Å². The third kappa shape index (κ3) is 4.32. The van der Waals surface area contributed by atoms with Crippen LogP contribution in [0.2, 0.25) is 0 Å². The highest BCUT2D eigenvalue weighted by atomic mass is 16.5. The molecule has 0 bridgehead atoms. The number of rotatable bonds is 4. The Kier molecular flexibility index (Phi) is 4.46. The molecule has 0 radical (unpaired) electrons. The van der Waals surface area contributed by atoms with Crippen molar-refractivity contribution in [1.82, 2.24) is 20.3 Å². The van der Waals surface area contributed by atoms with Gasteiger partial charge >= 0.3 is 6.03 Å². The lowest BCUT2D eigenvalue weighted by atomic mass is 9.93. The third-order valence-electron chi connectivity index (χ3n) is 3.41. The lowest BCUT2D eigenvalue weighted by Crippen LogP contribution is -2.40. The van der Waals surface area contributed by atoms with Crippen molar-refractivity contribution in [3.05, 3.63) is 29.8 Å². The van der Waals surface area contributed by atoms with Crippen molar-refractivity contribution in [3.8, 4) is 0 Å². The van der Waals surface area contributed by atoms with Gasteiger partial charge in [-0.3, -0.25) is 10.00 Å². The standard InChI is InChI=1S/C15H23N5O3/c1-14(2,3)11-6-12(19-23-11)18-13(21)16-9-15(4,22)10-7-17-20(5)8-10/h6-8,22H,9H2,1-5H3,(H2,16,18,19,21). The molecule has 0 aromatic carbocycles. The average Bonchev–Trinajstić information content (AvgIpc) is 3.05. The van der Waals surface area contributed by atoms with Crippen LogP contribution in [0, 0.1) is 0 Å². The van der Waals surface area contributed by atoms with E-state index < -0.39 is 11.6 Å². The first kappa shape index (κ1) is 17.0. The second-order valence-corrected chi connectivity index (χ2v) is 6.81. The molecule has 2 heterocycles. The molecule has 0 fully saturated rings. The molecule has 2 amide bonds. The number of carbonyl (C=O) groups is 1. The minimum atomic E-state index is -1.22. The largest absolute Gasteiger partial charge is 0.383 e. The summed E-state index contributed by atoms with van der Waals surface area (Å²) < 4.78 is 6.79. The topological polar surface area (TPSA) is 105 Å². The highest BCUT2D eigenvalue weighted by Crippen LogP contribution is 2.24. The zero-order chi connectivity index (χ0) is 17.3. The maximum absolute atomic E-state index is 11.9. The Bertz CT molecular complexity index is 681. The molecule has 3 N–H and O–H groups in total. The second-order valence-electron chi connectivity index (χ2n) is 6.81. The van der Waals surface area contributed by atoms with Crippen LogP contribution in [0.4, 0.5) is 10.6 Å². The number of amides is 2. The maximum atomic E-state index is 11.9. The van der Waals surface area contributed by atoms with Crippen molar-refractivity contribution in [2.24, 2.45) is 7.05 Å². The van der Waals surface area contributed by atoms with Gasteiger partial charge in [-0.05, 0) is 6.92 Å². The fraction of sp³-hybridized carbons (Fsp3) is 0.533. The first-order valence-electron chi connectivity index (χ1n) is 7.31. The normalized spacial score (nSPS) is 14.3. The Morgan fingerprint density at radius 1 is 1.39 bits per heavy atom. The first-order chi connectivity index (χ1) is 10.6. The minimum absolute atomic E-state index is 0.0362. The number of carbonyl (C=O) groups excluding carboxylic acids is 1. The summed E-state index contributed by atoms with van der Waals surface area (Å²) in [7, 11) is 1.76. The Morgan fingerprint density at radius 3 is 2.61 bits per heavy atom. The molecule has 8 heteroatoms. The van der Waals surface area contributed by atoms with Crippen molar-refractivity contribution >= 4 is 11.8 Å². The number of aromatic nitrogens is 3. The van der Waals surface area contributed by atoms with Gasteiger partial charge in [-0.15, -0.1) is 0 Å². The Balaban J connectivity index is 1.91. The summed E-state index contributed by atoms with van der Waals surface area (Å²) >= 11 is 0. The SMILES string of the molecule is Cn1cc(C(C)(O)CNC(=O)Nc2cc(C(C)(C)C)on2)cn1. The monoisotopic (exact) mass is 321 g/mol. The summed E-state index contributed by atoms with van der Waals surface area (Å²) in [4.78, 5) is 11.9. The summed E-state index contributed by atoms with van der Waals surface area (Å²) in [6.07, 6.45) is 3.26. The van der Waals surface area contributed by atoms with Crippen LogP contribution in [0.3, 0.4) is 0 Å². The van der Waals surface area contributed by atoms with Crippen LogP contribution in [-0.2, 0) is 18.1 Å². The molecule has 2 aromatic heterocycles. The van der Waals surface area contributed by atoms with Crippen LogP contribution in [0.1, 0.15) is 39.0 Å². The molecule has 0 saturated carbocycles. The average molecular weight is 321 g/mol. The molecule has 126 valence electrons. The first-order valence-corrected chi connectivity index (χ1v) is 7.31. The van der Waals surface area contributed by atoms with Crippen LogP contribution in [-0.4, -0.2) is 32.6 Å². The minimum Gasteiger partial charge on any atom is -0.383 e. The van der Waals surface area contributed by atoms with E-state index in [2.05, 4.69) is 20.9 Å². The van der Waals surface area contributed by atoms with E-state index in [1.54, 1.807) is 37.1 Å². The van der Waals surface area contributed by atoms with Gasteiger partial charge in [0.25, 0.3) is 0 Å². The van der Waals surface area contributed by atoms with Crippen molar-refractivity contribution in [2.45, 2.75) is 38.7 Å². The molecular formula is C15H23N5O3. The zero-order valence-corrected chi connectivity index (χ0v) is 14.0. The van der Waals surface area contributed by atoms with E-state index in [0.29, 0.717) is 17.1 Å². The van der Waals surface area contributed by atoms with Crippen molar-refractivity contribution < 1.29 is 14.4 Å². The molecule has 23 heavy (non-hydrogen) atoms. The van der Waals surface area contributed by atoms with Crippen LogP contribution >= 0.6 is 0 Å². The van der Waals surface area contributed by atoms with Crippen molar-refractivity contribution in [1.29, 1.82) is 0 Å². The lowest BCUT2D eigenvalue weighted by Gasteiger charge is -2.22. The lowest BCUT2D eigenvalue weighted by molar-refractivity contribution is 0.0599. The highest BCUT2D eigenvalue weighted by molar-refractivity contribution is 5.88. The number of nitrogens with zero attached hydrogens (tertiary/aromatic N) is 3. The number of anilines is 1. The number of aryl methyl sites for hydroxylation is 1. The van der Waals surface area contributed by atoms with Crippen LogP contribution in [0.15, 0.2) is 23.0 Å². The van der Waals surface area contributed by atoms with E-state index >= 15 is 0 Å². The van der Waals surface area contributed by atoms with Gasteiger partial charge < -0.3 is 14.9 Å². The maximum Gasteiger partial charge on any atom is 0.320 e. The van der Waals surface area contributed by atoms with Gasteiger partial charge in [-0.25, -0.2) is 4.79 Å². The van der Waals surface area contributed by atoms with Gasteiger partial charge in [-0.1, -0.05) is 25.9 Å². The molecule has 2 rings (SSSR count). The predicted octanol–water partition coefficient (Wildman–Crippen LogP) is 1.73. The van der Waals surface area contributed by atoms with Crippen LogP contribution < -0.4 is 10.6 Å². The molecule has 1 atom stereocenters. The van der Waals surface area contributed by atoms with Crippen LogP contribution in [0.5, 0.6) is 0 Å². The van der Waals surface area contributed by atoms with Gasteiger partial charge in [0.1, 0.15) is 11.4 Å². The number of urea groups is 1. The smallest absolute Gasteiger partial charge is 0.320 e. The Morgan fingerprint density at radius 2 is 2.09 bits per heavy atom. The molecule has 0 aliphatic heterocycles. The molecular weight excluding hydrogens is 298 g/mol.